The number of pyridine rings is 1. The number of carbonyl (C=O) groups excluding carboxylic acids is 1. The first kappa shape index (κ1) is 20.0. The molecule has 0 spiro atoms. The third-order valence-corrected chi connectivity index (χ3v) is 6.19. The van der Waals surface area contributed by atoms with Crippen molar-refractivity contribution < 1.29 is 4.79 Å². The topological polar surface area (TPSA) is 49.3 Å². The Bertz CT molecular complexity index is 1180. The van der Waals surface area contributed by atoms with Gasteiger partial charge in [-0.1, -0.05) is 23.5 Å². The molecule has 0 aliphatic heterocycles. The van der Waals surface area contributed by atoms with Crippen LogP contribution >= 0.6 is 11.3 Å². The summed E-state index contributed by atoms with van der Waals surface area (Å²) in [5.41, 5.74) is 5.77. The quantitative estimate of drug-likeness (QED) is 0.447. The molecule has 0 saturated heterocycles. The van der Waals surface area contributed by atoms with Gasteiger partial charge in [0.25, 0.3) is 5.91 Å². The standard InChI is InChI=1S/C24H24N4OS/c1-16-13-17(2)22-21(14-16)26-24(30-22)28(15-19-7-5-6-12-25-19)23(29)18-8-10-20(11-9-18)27(3)4/h5-14H,15H2,1-4H3. The maximum absolute atomic E-state index is 13.5. The van der Waals surface area contributed by atoms with Crippen LogP contribution in [0.25, 0.3) is 10.2 Å². The van der Waals surface area contributed by atoms with Crippen molar-refractivity contribution in [3.63, 3.8) is 0 Å². The molecule has 0 fully saturated rings. The van der Waals surface area contributed by atoms with Gasteiger partial charge in [-0.2, -0.15) is 0 Å². The summed E-state index contributed by atoms with van der Waals surface area (Å²) in [5.74, 6) is -0.0839. The monoisotopic (exact) mass is 416 g/mol. The van der Waals surface area contributed by atoms with Crippen molar-refractivity contribution in [2.24, 2.45) is 0 Å². The number of aryl methyl sites for hydroxylation is 2. The third kappa shape index (κ3) is 4.04. The maximum Gasteiger partial charge on any atom is 0.260 e. The molecule has 0 N–H and O–H groups in total. The molecule has 4 aromatic rings. The summed E-state index contributed by atoms with van der Waals surface area (Å²) in [5, 5.41) is 0.686. The van der Waals surface area contributed by atoms with E-state index in [4.69, 9.17) is 4.98 Å². The molecule has 0 saturated carbocycles. The van der Waals surface area contributed by atoms with E-state index >= 15 is 0 Å². The van der Waals surface area contributed by atoms with Crippen molar-refractivity contribution >= 4 is 38.3 Å². The van der Waals surface area contributed by atoms with Crippen LogP contribution in [0.3, 0.4) is 0 Å². The molecule has 2 aromatic heterocycles. The van der Waals surface area contributed by atoms with Crippen LogP contribution in [-0.2, 0) is 6.54 Å². The number of hydrogen-bond acceptors (Lipinski definition) is 5. The lowest BCUT2D eigenvalue weighted by Crippen LogP contribution is -2.30. The lowest BCUT2D eigenvalue weighted by molar-refractivity contribution is 0.0985. The van der Waals surface area contributed by atoms with Crippen LogP contribution in [0.5, 0.6) is 0 Å². The molecule has 5 nitrogen and oxygen atoms in total. The minimum atomic E-state index is -0.0839. The smallest absolute Gasteiger partial charge is 0.260 e. The van der Waals surface area contributed by atoms with Crippen LogP contribution in [-0.4, -0.2) is 30.0 Å². The van der Waals surface area contributed by atoms with E-state index in [1.807, 2.05) is 61.5 Å². The lowest BCUT2D eigenvalue weighted by Gasteiger charge is -2.20. The van der Waals surface area contributed by atoms with E-state index in [0.717, 1.165) is 21.6 Å². The van der Waals surface area contributed by atoms with Crippen LogP contribution in [0, 0.1) is 13.8 Å². The molecule has 6 heteroatoms. The fraction of sp³-hybridized carbons (Fsp3) is 0.208. The highest BCUT2D eigenvalue weighted by atomic mass is 32.1. The number of nitrogens with zero attached hydrogens (tertiary/aromatic N) is 4. The Hall–Kier alpha value is -3.25. The van der Waals surface area contributed by atoms with Crippen molar-refractivity contribution in [2.75, 3.05) is 23.9 Å². The summed E-state index contributed by atoms with van der Waals surface area (Å²) in [6.07, 6.45) is 1.75. The number of thiazole rings is 1. The predicted molar refractivity (Wildman–Crippen MR) is 125 cm³/mol. The van der Waals surface area contributed by atoms with Crippen molar-refractivity contribution in [3.8, 4) is 0 Å². The van der Waals surface area contributed by atoms with Gasteiger partial charge in [-0.3, -0.25) is 14.7 Å². The minimum Gasteiger partial charge on any atom is -0.378 e. The van der Waals surface area contributed by atoms with Gasteiger partial charge in [0.1, 0.15) is 0 Å². The van der Waals surface area contributed by atoms with Gasteiger partial charge in [-0.05, 0) is 67.4 Å². The van der Waals surface area contributed by atoms with Crippen molar-refractivity contribution in [2.45, 2.75) is 20.4 Å². The van der Waals surface area contributed by atoms with E-state index in [-0.39, 0.29) is 5.91 Å². The van der Waals surface area contributed by atoms with Gasteiger partial charge in [0.05, 0.1) is 22.5 Å². The molecule has 1 amide bonds. The van der Waals surface area contributed by atoms with Crippen LogP contribution in [0.1, 0.15) is 27.2 Å². The van der Waals surface area contributed by atoms with Crippen molar-refractivity contribution in [1.29, 1.82) is 0 Å². The first-order valence-corrected chi connectivity index (χ1v) is 10.6. The Morgan fingerprint density at radius 3 is 2.47 bits per heavy atom. The zero-order valence-electron chi connectivity index (χ0n) is 17.6. The minimum absolute atomic E-state index is 0.0839. The van der Waals surface area contributed by atoms with Crippen LogP contribution in [0.4, 0.5) is 10.8 Å². The molecule has 0 atom stereocenters. The zero-order valence-corrected chi connectivity index (χ0v) is 18.4. The van der Waals surface area contributed by atoms with Crippen molar-refractivity contribution in [3.05, 3.63) is 83.2 Å². The van der Waals surface area contributed by atoms with E-state index in [1.165, 1.54) is 11.1 Å². The van der Waals surface area contributed by atoms with Gasteiger partial charge in [0.2, 0.25) is 0 Å². The number of rotatable bonds is 5. The van der Waals surface area contributed by atoms with Gasteiger partial charge in [0, 0.05) is 31.5 Å². The first-order chi connectivity index (χ1) is 14.4. The molecule has 152 valence electrons. The first-order valence-electron chi connectivity index (χ1n) is 9.79. The Labute approximate surface area is 180 Å². The maximum atomic E-state index is 13.5. The molecular formula is C24H24N4OS. The molecule has 2 heterocycles. The Kier molecular flexibility index (Phi) is 5.50. The van der Waals surface area contributed by atoms with E-state index in [9.17, 15) is 4.79 Å². The highest BCUT2D eigenvalue weighted by Gasteiger charge is 2.23. The fourth-order valence-electron chi connectivity index (χ4n) is 3.42. The Morgan fingerprint density at radius 1 is 1.03 bits per heavy atom. The summed E-state index contributed by atoms with van der Waals surface area (Å²) in [6.45, 7) is 4.52. The summed E-state index contributed by atoms with van der Waals surface area (Å²) in [6, 6.07) is 17.6. The fourth-order valence-corrected chi connectivity index (χ4v) is 4.43. The molecule has 0 unspecified atom stereocenters. The van der Waals surface area contributed by atoms with Crippen LogP contribution in [0.2, 0.25) is 0 Å². The number of aromatic nitrogens is 2. The lowest BCUT2D eigenvalue weighted by atomic mass is 10.1. The summed E-state index contributed by atoms with van der Waals surface area (Å²) >= 11 is 1.55. The van der Waals surface area contributed by atoms with Crippen molar-refractivity contribution in [1.82, 2.24) is 9.97 Å². The van der Waals surface area contributed by atoms with Gasteiger partial charge in [-0.15, -0.1) is 0 Å². The second kappa shape index (κ2) is 8.24. The second-order valence-electron chi connectivity index (χ2n) is 7.58. The van der Waals surface area contributed by atoms with Gasteiger partial charge in [0.15, 0.2) is 5.13 Å². The van der Waals surface area contributed by atoms with E-state index in [1.54, 1.807) is 22.4 Å². The summed E-state index contributed by atoms with van der Waals surface area (Å²) in [4.78, 5) is 26.5. The van der Waals surface area contributed by atoms with Gasteiger partial charge < -0.3 is 4.90 Å². The van der Waals surface area contributed by atoms with Crippen LogP contribution < -0.4 is 9.80 Å². The highest BCUT2D eigenvalue weighted by molar-refractivity contribution is 7.22. The molecular weight excluding hydrogens is 392 g/mol. The largest absolute Gasteiger partial charge is 0.378 e. The Morgan fingerprint density at radius 2 is 1.80 bits per heavy atom. The molecule has 0 bridgehead atoms. The van der Waals surface area contributed by atoms with E-state index < -0.39 is 0 Å². The number of benzene rings is 2. The van der Waals surface area contributed by atoms with Gasteiger partial charge >= 0.3 is 0 Å². The zero-order chi connectivity index (χ0) is 21.3. The highest BCUT2D eigenvalue weighted by Crippen LogP contribution is 2.33. The molecule has 0 aliphatic carbocycles. The van der Waals surface area contributed by atoms with Gasteiger partial charge in [-0.25, -0.2) is 4.98 Å². The number of amides is 1. The molecule has 0 aliphatic rings. The normalized spacial score (nSPS) is 10.9. The average molecular weight is 417 g/mol. The number of hydrogen-bond donors (Lipinski definition) is 0. The predicted octanol–water partition coefficient (Wildman–Crippen LogP) is 5.22. The van der Waals surface area contributed by atoms with E-state index in [2.05, 4.69) is 31.0 Å². The third-order valence-electron chi connectivity index (χ3n) is 4.96. The summed E-state index contributed by atoms with van der Waals surface area (Å²) in [7, 11) is 3.96. The second-order valence-corrected chi connectivity index (χ2v) is 8.56. The average Bonchev–Trinajstić information content (AvgIpc) is 3.16. The SMILES string of the molecule is Cc1cc(C)c2sc(N(Cc3ccccn3)C(=O)c3ccc(N(C)C)cc3)nc2c1. The molecule has 0 radical (unpaired) electrons. The number of anilines is 2. The Balaban J connectivity index is 1.76. The van der Waals surface area contributed by atoms with E-state index in [0.29, 0.717) is 17.2 Å². The number of carbonyl (C=O) groups is 1. The molecule has 4 rings (SSSR count). The number of fused-ring (bicyclic) bond motifs is 1. The molecule has 30 heavy (non-hydrogen) atoms. The molecule has 2 aromatic carbocycles. The van der Waals surface area contributed by atoms with Crippen LogP contribution in [0.15, 0.2) is 60.8 Å². The summed E-state index contributed by atoms with van der Waals surface area (Å²) < 4.78 is 1.11.